The highest BCUT2D eigenvalue weighted by atomic mass is 16.5. The van der Waals surface area contributed by atoms with E-state index in [1.807, 2.05) is 26.0 Å². The lowest BCUT2D eigenvalue weighted by Crippen LogP contribution is -2.53. The zero-order chi connectivity index (χ0) is 28.0. The molecule has 0 bridgehead atoms. The first kappa shape index (κ1) is 29.1. The first-order valence-electron chi connectivity index (χ1n) is 13.2. The van der Waals surface area contributed by atoms with E-state index in [4.69, 9.17) is 4.74 Å². The number of methoxy groups -OCH3 is 1. The van der Waals surface area contributed by atoms with Crippen molar-refractivity contribution in [2.75, 3.05) is 25.6 Å². The standard InChI is InChI=1S/C28H39N3O7/c1-18(2)30(3)23(32)15-20(26(35)36)16-28(13-7-8-14-28)27(37)29-21-12-11-19-9-5-6-10-22(19)31(25(21)34)17-24(33)38-4/h5-6,9-10,18,20-21H,7-8,11-17H2,1-4H3,(H,29,37)(H,35,36). The van der Waals surface area contributed by atoms with Gasteiger partial charge in [0.1, 0.15) is 12.6 Å². The van der Waals surface area contributed by atoms with Crippen LogP contribution in [0.5, 0.6) is 0 Å². The number of carbonyl (C=O) groups excluding carboxylic acids is 4. The van der Waals surface area contributed by atoms with Gasteiger partial charge in [-0.25, -0.2) is 0 Å². The van der Waals surface area contributed by atoms with E-state index in [1.165, 1.54) is 16.9 Å². The predicted molar refractivity (Wildman–Crippen MR) is 140 cm³/mol. The Labute approximate surface area is 223 Å². The summed E-state index contributed by atoms with van der Waals surface area (Å²) in [5.41, 5.74) is 0.511. The van der Waals surface area contributed by atoms with Crippen LogP contribution in [0.4, 0.5) is 5.69 Å². The average Bonchev–Trinajstić information content (AvgIpc) is 3.33. The van der Waals surface area contributed by atoms with Crippen molar-refractivity contribution in [1.82, 2.24) is 10.2 Å². The first-order chi connectivity index (χ1) is 18.0. The number of carbonyl (C=O) groups is 5. The first-order valence-corrected chi connectivity index (χ1v) is 13.2. The number of amides is 3. The van der Waals surface area contributed by atoms with E-state index >= 15 is 0 Å². The molecule has 2 atom stereocenters. The fourth-order valence-corrected chi connectivity index (χ4v) is 5.45. The van der Waals surface area contributed by atoms with Gasteiger partial charge < -0.3 is 20.1 Å². The molecular formula is C28H39N3O7. The quantitative estimate of drug-likeness (QED) is 0.445. The van der Waals surface area contributed by atoms with Crippen LogP contribution in [-0.2, 0) is 35.1 Å². The van der Waals surface area contributed by atoms with Crippen LogP contribution in [0.3, 0.4) is 0 Å². The summed E-state index contributed by atoms with van der Waals surface area (Å²) in [6.45, 7) is 3.42. The smallest absolute Gasteiger partial charge is 0.325 e. The summed E-state index contributed by atoms with van der Waals surface area (Å²) < 4.78 is 4.79. The van der Waals surface area contributed by atoms with Gasteiger partial charge in [0, 0.05) is 25.2 Å². The second-order valence-corrected chi connectivity index (χ2v) is 10.7. The zero-order valence-corrected chi connectivity index (χ0v) is 22.7. The Balaban J connectivity index is 1.82. The lowest BCUT2D eigenvalue weighted by atomic mass is 9.75. The number of aryl methyl sites for hydroxylation is 1. The number of anilines is 1. The second kappa shape index (κ2) is 12.4. The van der Waals surface area contributed by atoms with Crippen molar-refractivity contribution in [3.8, 4) is 0 Å². The molecule has 1 aliphatic carbocycles. The Morgan fingerprint density at radius 1 is 1.18 bits per heavy atom. The summed E-state index contributed by atoms with van der Waals surface area (Å²) in [7, 11) is 2.89. The molecule has 0 aromatic heterocycles. The molecule has 3 amide bonds. The zero-order valence-electron chi connectivity index (χ0n) is 22.7. The van der Waals surface area contributed by atoms with Crippen LogP contribution in [-0.4, -0.2) is 72.5 Å². The maximum absolute atomic E-state index is 13.8. The molecule has 208 valence electrons. The number of nitrogens with one attached hydrogen (secondary N) is 1. The van der Waals surface area contributed by atoms with Crippen molar-refractivity contribution in [1.29, 1.82) is 0 Å². The van der Waals surface area contributed by atoms with Gasteiger partial charge >= 0.3 is 11.9 Å². The lowest BCUT2D eigenvalue weighted by Gasteiger charge is -2.33. The number of para-hydroxylation sites is 1. The number of aliphatic carboxylic acids is 1. The summed E-state index contributed by atoms with van der Waals surface area (Å²) >= 11 is 0. The van der Waals surface area contributed by atoms with Gasteiger partial charge in [0.25, 0.3) is 0 Å². The highest BCUT2D eigenvalue weighted by Gasteiger charge is 2.46. The molecule has 1 aliphatic heterocycles. The Morgan fingerprint density at radius 2 is 1.84 bits per heavy atom. The van der Waals surface area contributed by atoms with Gasteiger partial charge in [-0.1, -0.05) is 31.0 Å². The number of ether oxygens (including phenoxy) is 1. The summed E-state index contributed by atoms with van der Waals surface area (Å²) in [6.07, 6.45) is 3.20. The van der Waals surface area contributed by atoms with Gasteiger partial charge in [-0.3, -0.25) is 28.9 Å². The monoisotopic (exact) mass is 529 g/mol. The van der Waals surface area contributed by atoms with Gasteiger partial charge in [-0.05, 0) is 57.6 Å². The van der Waals surface area contributed by atoms with Crippen LogP contribution in [0.2, 0.25) is 0 Å². The third-order valence-electron chi connectivity index (χ3n) is 7.99. The molecule has 10 heteroatoms. The van der Waals surface area contributed by atoms with Crippen LogP contribution >= 0.6 is 0 Å². The largest absolute Gasteiger partial charge is 0.481 e. The predicted octanol–water partition coefficient (Wildman–Crippen LogP) is 2.53. The van der Waals surface area contributed by atoms with E-state index in [2.05, 4.69) is 5.32 Å². The fourth-order valence-electron chi connectivity index (χ4n) is 5.45. The van der Waals surface area contributed by atoms with Crippen LogP contribution in [0.1, 0.15) is 64.4 Å². The Kier molecular flexibility index (Phi) is 9.51. The topological polar surface area (TPSA) is 133 Å². The molecule has 1 fully saturated rings. The molecule has 3 rings (SSSR count). The second-order valence-electron chi connectivity index (χ2n) is 10.7. The molecule has 1 saturated carbocycles. The lowest BCUT2D eigenvalue weighted by molar-refractivity contribution is -0.149. The Morgan fingerprint density at radius 3 is 2.45 bits per heavy atom. The number of esters is 1. The summed E-state index contributed by atoms with van der Waals surface area (Å²) in [4.78, 5) is 67.2. The summed E-state index contributed by atoms with van der Waals surface area (Å²) in [6, 6.07) is 6.34. The van der Waals surface area contributed by atoms with Crippen LogP contribution in [0, 0.1) is 11.3 Å². The average molecular weight is 530 g/mol. The summed E-state index contributed by atoms with van der Waals surface area (Å²) in [5.74, 6) is -3.76. The van der Waals surface area contributed by atoms with Crippen LogP contribution < -0.4 is 10.2 Å². The molecule has 2 unspecified atom stereocenters. The van der Waals surface area contributed by atoms with E-state index in [-0.39, 0.29) is 37.2 Å². The molecule has 1 heterocycles. The van der Waals surface area contributed by atoms with Gasteiger partial charge in [-0.15, -0.1) is 0 Å². The minimum Gasteiger partial charge on any atom is -0.481 e. The highest BCUT2D eigenvalue weighted by Crippen LogP contribution is 2.44. The number of carboxylic acid groups (broad SMARTS) is 1. The van der Waals surface area contributed by atoms with Crippen molar-refractivity contribution in [3.63, 3.8) is 0 Å². The number of hydrogen-bond acceptors (Lipinski definition) is 6. The normalized spacial score (nSPS) is 19.3. The maximum atomic E-state index is 13.8. The number of benzene rings is 1. The van der Waals surface area contributed by atoms with Gasteiger partial charge in [0.05, 0.1) is 18.4 Å². The van der Waals surface area contributed by atoms with Gasteiger partial charge in [0.15, 0.2) is 0 Å². The molecule has 0 radical (unpaired) electrons. The molecule has 38 heavy (non-hydrogen) atoms. The van der Waals surface area contributed by atoms with Crippen molar-refractivity contribution in [2.24, 2.45) is 11.3 Å². The Hall–Kier alpha value is -3.43. The highest BCUT2D eigenvalue weighted by molar-refractivity contribution is 6.03. The molecule has 2 N–H and O–H groups in total. The van der Waals surface area contributed by atoms with Crippen LogP contribution in [0.25, 0.3) is 0 Å². The van der Waals surface area contributed by atoms with E-state index in [9.17, 15) is 29.1 Å². The fraction of sp³-hybridized carbons (Fsp3) is 0.607. The summed E-state index contributed by atoms with van der Waals surface area (Å²) in [5, 5.41) is 12.9. The minimum atomic E-state index is -1.11. The molecule has 1 aromatic carbocycles. The van der Waals surface area contributed by atoms with Crippen molar-refractivity contribution in [3.05, 3.63) is 29.8 Å². The maximum Gasteiger partial charge on any atom is 0.325 e. The molecule has 0 spiro atoms. The third kappa shape index (κ3) is 6.52. The molecule has 0 saturated heterocycles. The molecular weight excluding hydrogens is 490 g/mol. The molecule has 2 aliphatic rings. The van der Waals surface area contributed by atoms with E-state index in [1.54, 1.807) is 19.2 Å². The number of fused-ring (bicyclic) bond motifs is 1. The molecule has 1 aromatic rings. The number of rotatable bonds is 10. The van der Waals surface area contributed by atoms with E-state index < -0.39 is 35.2 Å². The van der Waals surface area contributed by atoms with Crippen molar-refractivity contribution in [2.45, 2.75) is 77.3 Å². The van der Waals surface area contributed by atoms with E-state index in [0.717, 1.165) is 18.4 Å². The van der Waals surface area contributed by atoms with Gasteiger partial charge in [0.2, 0.25) is 17.7 Å². The minimum absolute atomic E-state index is 0.0266. The number of hydrogen-bond donors (Lipinski definition) is 2. The van der Waals surface area contributed by atoms with E-state index in [0.29, 0.717) is 31.4 Å². The van der Waals surface area contributed by atoms with Gasteiger partial charge in [-0.2, -0.15) is 0 Å². The Bertz CT molecular complexity index is 1060. The SMILES string of the molecule is COC(=O)CN1C(=O)C(NC(=O)C2(CC(CC(=O)N(C)C(C)C)C(=O)O)CCCC2)CCc2ccccc21. The third-order valence-corrected chi connectivity index (χ3v) is 7.99. The molecule has 10 nitrogen and oxygen atoms in total. The van der Waals surface area contributed by atoms with Crippen molar-refractivity contribution < 1.29 is 33.8 Å². The number of carboxylic acids is 1. The number of nitrogens with zero attached hydrogens (tertiary/aromatic N) is 2. The van der Waals surface area contributed by atoms with Crippen LogP contribution in [0.15, 0.2) is 24.3 Å². The van der Waals surface area contributed by atoms with Crippen molar-refractivity contribution >= 4 is 35.3 Å².